The lowest BCUT2D eigenvalue weighted by atomic mass is 10.2. The molecule has 102 valence electrons. The van der Waals surface area contributed by atoms with Gasteiger partial charge in [0.25, 0.3) is 5.91 Å². The molecule has 0 saturated carbocycles. The van der Waals surface area contributed by atoms with E-state index in [-0.39, 0.29) is 5.91 Å². The highest BCUT2D eigenvalue weighted by Gasteiger charge is 2.04. The van der Waals surface area contributed by atoms with E-state index in [2.05, 4.69) is 10.5 Å². The highest BCUT2D eigenvalue weighted by molar-refractivity contribution is 5.95. The summed E-state index contributed by atoms with van der Waals surface area (Å²) >= 11 is 0. The van der Waals surface area contributed by atoms with Crippen LogP contribution in [0.15, 0.2) is 59.7 Å². The minimum atomic E-state index is -0.220. The van der Waals surface area contributed by atoms with Crippen LogP contribution in [-0.4, -0.2) is 26.2 Å². The quantitative estimate of drug-likeness (QED) is 0.683. The molecule has 0 aliphatic rings. The summed E-state index contributed by atoms with van der Waals surface area (Å²) in [6, 6.07) is 17.0. The van der Waals surface area contributed by atoms with E-state index in [1.807, 2.05) is 61.5 Å². The van der Waals surface area contributed by atoms with Gasteiger partial charge in [0, 0.05) is 25.3 Å². The number of hydrazone groups is 1. The van der Waals surface area contributed by atoms with Gasteiger partial charge in [-0.25, -0.2) is 5.43 Å². The Hall–Kier alpha value is -2.62. The van der Waals surface area contributed by atoms with Gasteiger partial charge in [0.15, 0.2) is 0 Å². The standard InChI is InChI=1S/C16H17N3O/c1-19(2)15-10-8-14(9-11-15)16(20)18-17-12-13-6-4-3-5-7-13/h3-12H,1-2H3,(H,18,20)/b17-12-. The van der Waals surface area contributed by atoms with Gasteiger partial charge in [-0.2, -0.15) is 5.10 Å². The number of nitrogens with zero attached hydrogens (tertiary/aromatic N) is 2. The number of carbonyl (C=O) groups is 1. The van der Waals surface area contributed by atoms with E-state index in [9.17, 15) is 4.79 Å². The zero-order chi connectivity index (χ0) is 14.4. The Morgan fingerprint density at radius 1 is 1.05 bits per heavy atom. The molecule has 4 heteroatoms. The zero-order valence-electron chi connectivity index (χ0n) is 11.6. The Balaban J connectivity index is 1.96. The number of amides is 1. The third kappa shape index (κ3) is 3.68. The molecular weight excluding hydrogens is 250 g/mol. The van der Waals surface area contributed by atoms with Crippen molar-refractivity contribution in [1.82, 2.24) is 5.43 Å². The fourth-order valence-corrected chi connectivity index (χ4v) is 1.68. The Morgan fingerprint density at radius 3 is 2.30 bits per heavy atom. The lowest BCUT2D eigenvalue weighted by Gasteiger charge is -2.12. The topological polar surface area (TPSA) is 44.7 Å². The number of nitrogens with one attached hydrogen (secondary N) is 1. The van der Waals surface area contributed by atoms with Gasteiger partial charge < -0.3 is 4.90 Å². The van der Waals surface area contributed by atoms with Gasteiger partial charge in [-0.3, -0.25) is 4.79 Å². The molecule has 2 aromatic carbocycles. The molecule has 0 fully saturated rings. The van der Waals surface area contributed by atoms with E-state index in [1.165, 1.54) is 0 Å². The van der Waals surface area contributed by atoms with Gasteiger partial charge in [0.05, 0.1) is 6.21 Å². The predicted octanol–water partition coefficient (Wildman–Crippen LogP) is 2.52. The lowest BCUT2D eigenvalue weighted by molar-refractivity contribution is 0.0955. The van der Waals surface area contributed by atoms with Gasteiger partial charge in [-0.1, -0.05) is 30.3 Å². The number of hydrogen-bond acceptors (Lipinski definition) is 3. The van der Waals surface area contributed by atoms with Gasteiger partial charge in [0.1, 0.15) is 0 Å². The molecule has 0 aliphatic carbocycles. The lowest BCUT2D eigenvalue weighted by Crippen LogP contribution is -2.17. The number of rotatable bonds is 4. The molecule has 0 radical (unpaired) electrons. The molecule has 0 aromatic heterocycles. The van der Waals surface area contributed by atoms with Crippen LogP contribution in [0.4, 0.5) is 5.69 Å². The van der Waals surface area contributed by atoms with Gasteiger partial charge in [0.2, 0.25) is 0 Å². The van der Waals surface area contributed by atoms with Gasteiger partial charge in [-0.05, 0) is 29.8 Å². The van der Waals surface area contributed by atoms with Crippen molar-refractivity contribution in [1.29, 1.82) is 0 Å². The largest absolute Gasteiger partial charge is 0.378 e. The molecule has 0 unspecified atom stereocenters. The van der Waals surface area contributed by atoms with E-state index in [0.717, 1.165) is 11.3 Å². The Morgan fingerprint density at radius 2 is 1.70 bits per heavy atom. The average molecular weight is 267 g/mol. The second-order valence-corrected chi connectivity index (χ2v) is 4.55. The van der Waals surface area contributed by atoms with Crippen molar-refractivity contribution in [2.24, 2.45) is 5.10 Å². The normalized spacial score (nSPS) is 10.5. The van der Waals surface area contributed by atoms with Crippen LogP contribution in [0.5, 0.6) is 0 Å². The van der Waals surface area contributed by atoms with Gasteiger partial charge in [-0.15, -0.1) is 0 Å². The second-order valence-electron chi connectivity index (χ2n) is 4.55. The summed E-state index contributed by atoms with van der Waals surface area (Å²) < 4.78 is 0. The molecule has 0 spiro atoms. The number of hydrogen-bond donors (Lipinski definition) is 1. The summed E-state index contributed by atoms with van der Waals surface area (Å²) in [5.74, 6) is -0.220. The molecule has 2 aromatic rings. The van der Waals surface area contributed by atoms with Crippen LogP contribution in [-0.2, 0) is 0 Å². The predicted molar refractivity (Wildman–Crippen MR) is 82.3 cm³/mol. The molecule has 0 aliphatic heterocycles. The smallest absolute Gasteiger partial charge is 0.271 e. The molecule has 4 nitrogen and oxygen atoms in total. The van der Waals surface area contributed by atoms with E-state index in [4.69, 9.17) is 0 Å². The first kappa shape index (κ1) is 13.8. The summed E-state index contributed by atoms with van der Waals surface area (Å²) in [5, 5.41) is 3.94. The van der Waals surface area contributed by atoms with Crippen LogP contribution in [0.3, 0.4) is 0 Å². The molecule has 0 heterocycles. The summed E-state index contributed by atoms with van der Waals surface area (Å²) in [6.07, 6.45) is 1.62. The van der Waals surface area contributed by atoms with Crippen LogP contribution < -0.4 is 10.3 Å². The summed E-state index contributed by atoms with van der Waals surface area (Å²) in [4.78, 5) is 13.9. The van der Waals surface area contributed by atoms with Crippen LogP contribution in [0.25, 0.3) is 0 Å². The SMILES string of the molecule is CN(C)c1ccc(C(=O)N/N=C\c2ccccc2)cc1. The third-order valence-electron chi connectivity index (χ3n) is 2.83. The van der Waals surface area contributed by atoms with Gasteiger partial charge >= 0.3 is 0 Å². The maximum Gasteiger partial charge on any atom is 0.271 e. The summed E-state index contributed by atoms with van der Waals surface area (Å²) in [7, 11) is 3.92. The van der Waals surface area contributed by atoms with Crippen molar-refractivity contribution in [3.05, 3.63) is 65.7 Å². The summed E-state index contributed by atoms with van der Waals surface area (Å²) in [5.41, 5.74) is 5.09. The molecule has 0 saturated heterocycles. The number of carbonyl (C=O) groups excluding carboxylic acids is 1. The molecule has 0 atom stereocenters. The second kappa shape index (κ2) is 6.52. The summed E-state index contributed by atoms with van der Waals surface area (Å²) in [6.45, 7) is 0. The Kier molecular flexibility index (Phi) is 4.50. The number of anilines is 1. The molecule has 0 bridgehead atoms. The third-order valence-corrected chi connectivity index (χ3v) is 2.83. The minimum Gasteiger partial charge on any atom is -0.378 e. The maximum atomic E-state index is 11.9. The number of benzene rings is 2. The molecule has 20 heavy (non-hydrogen) atoms. The Labute approximate surface area is 118 Å². The van der Waals surface area contributed by atoms with E-state index in [1.54, 1.807) is 18.3 Å². The van der Waals surface area contributed by atoms with E-state index >= 15 is 0 Å². The van der Waals surface area contributed by atoms with Crippen molar-refractivity contribution in [2.45, 2.75) is 0 Å². The average Bonchev–Trinajstić information content (AvgIpc) is 2.48. The van der Waals surface area contributed by atoms with Crippen molar-refractivity contribution in [3.8, 4) is 0 Å². The molecule has 1 N–H and O–H groups in total. The first-order valence-corrected chi connectivity index (χ1v) is 6.32. The molecular formula is C16H17N3O. The molecule has 2 rings (SSSR count). The van der Waals surface area contributed by atoms with E-state index in [0.29, 0.717) is 5.56 Å². The van der Waals surface area contributed by atoms with Crippen molar-refractivity contribution in [3.63, 3.8) is 0 Å². The Bertz CT molecular complexity index is 589. The van der Waals surface area contributed by atoms with E-state index < -0.39 is 0 Å². The fourth-order valence-electron chi connectivity index (χ4n) is 1.68. The first-order valence-electron chi connectivity index (χ1n) is 6.32. The highest BCUT2D eigenvalue weighted by Crippen LogP contribution is 2.11. The van der Waals surface area contributed by atoms with Crippen LogP contribution in [0.1, 0.15) is 15.9 Å². The van der Waals surface area contributed by atoms with Crippen molar-refractivity contribution >= 4 is 17.8 Å². The van der Waals surface area contributed by atoms with Crippen LogP contribution >= 0.6 is 0 Å². The fraction of sp³-hybridized carbons (Fsp3) is 0.125. The maximum absolute atomic E-state index is 11.9. The highest BCUT2D eigenvalue weighted by atomic mass is 16.2. The van der Waals surface area contributed by atoms with Crippen LogP contribution in [0.2, 0.25) is 0 Å². The molecule has 1 amide bonds. The van der Waals surface area contributed by atoms with Crippen molar-refractivity contribution < 1.29 is 4.79 Å². The monoisotopic (exact) mass is 267 g/mol. The van der Waals surface area contributed by atoms with Crippen molar-refractivity contribution in [2.75, 3.05) is 19.0 Å². The minimum absolute atomic E-state index is 0.220. The van der Waals surface area contributed by atoms with Crippen LogP contribution in [0, 0.1) is 0 Å². The zero-order valence-corrected chi connectivity index (χ0v) is 11.6. The first-order chi connectivity index (χ1) is 9.66.